The number of anilines is 1. The van der Waals surface area contributed by atoms with Gasteiger partial charge in [0.15, 0.2) is 0 Å². The Hall–Kier alpha value is -2.59. The van der Waals surface area contributed by atoms with Crippen molar-refractivity contribution >= 4 is 46.6 Å². The van der Waals surface area contributed by atoms with Crippen LogP contribution >= 0.6 is 35.0 Å². The molecule has 1 N–H and O–H groups in total. The molecular formula is C19H12Cl2N4OS. The molecule has 0 bridgehead atoms. The number of thioether (sulfide) groups is 1. The Kier molecular flexibility index (Phi) is 6.30. The van der Waals surface area contributed by atoms with Crippen molar-refractivity contribution in [1.82, 2.24) is 9.97 Å². The highest BCUT2D eigenvalue weighted by atomic mass is 35.5. The Morgan fingerprint density at radius 3 is 2.59 bits per heavy atom. The third kappa shape index (κ3) is 4.98. The van der Waals surface area contributed by atoms with Gasteiger partial charge in [-0.15, -0.1) is 0 Å². The molecule has 1 amide bonds. The number of carbonyl (C=O) groups is 1. The number of hydrogen-bond donors (Lipinski definition) is 1. The molecule has 2 aromatic heterocycles. The van der Waals surface area contributed by atoms with E-state index in [4.69, 9.17) is 23.2 Å². The molecule has 134 valence electrons. The first kappa shape index (κ1) is 19.2. The van der Waals surface area contributed by atoms with Crippen LogP contribution in [0.5, 0.6) is 0 Å². The third-order valence-corrected chi connectivity index (χ3v) is 5.23. The molecule has 0 unspecified atom stereocenters. The number of nitrogens with one attached hydrogen (secondary N) is 1. The SMILES string of the molecule is N#Cc1ccc(-c2ccncc2)nc1SCC(=O)Nc1ccc(Cl)c(Cl)c1. The summed E-state index contributed by atoms with van der Waals surface area (Å²) in [5, 5.41) is 13.3. The summed E-state index contributed by atoms with van der Waals surface area (Å²) in [6.07, 6.45) is 3.35. The lowest BCUT2D eigenvalue weighted by Gasteiger charge is -2.08. The second-order valence-corrected chi connectivity index (χ2v) is 7.14. The third-order valence-electron chi connectivity index (χ3n) is 3.50. The van der Waals surface area contributed by atoms with Gasteiger partial charge in [-0.05, 0) is 42.5 Å². The Morgan fingerprint density at radius 2 is 1.89 bits per heavy atom. The number of rotatable bonds is 5. The lowest BCUT2D eigenvalue weighted by molar-refractivity contribution is -0.113. The van der Waals surface area contributed by atoms with Gasteiger partial charge in [0.2, 0.25) is 5.91 Å². The van der Waals surface area contributed by atoms with E-state index in [0.717, 1.165) is 5.56 Å². The first-order valence-corrected chi connectivity index (χ1v) is 9.50. The van der Waals surface area contributed by atoms with Gasteiger partial charge in [-0.3, -0.25) is 9.78 Å². The number of halogens is 2. The van der Waals surface area contributed by atoms with Gasteiger partial charge < -0.3 is 5.32 Å². The van der Waals surface area contributed by atoms with Crippen LogP contribution < -0.4 is 5.32 Å². The summed E-state index contributed by atoms with van der Waals surface area (Å²) >= 11 is 13.0. The smallest absolute Gasteiger partial charge is 0.234 e. The van der Waals surface area contributed by atoms with Crippen molar-refractivity contribution < 1.29 is 4.79 Å². The number of benzene rings is 1. The van der Waals surface area contributed by atoms with E-state index in [2.05, 4.69) is 21.4 Å². The number of nitriles is 1. The number of pyridine rings is 2. The van der Waals surface area contributed by atoms with Gasteiger partial charge in [0.05, 0.1) is 27.1 Å². The summed E-state index contributed by atoms with van der Waals surface area (Å²) in [5.41, 5.74) is 2.56. The number of aromatic nitrogens is 2. The van der Waals surface area contributed by atoms with Crippen LogP contribution in [0.1, 0.15) is 5.56 Å². The minimum atomic E-state index is -0.238. The summed E-state index contributed by atoms with van der Waals surface area (Å²) in [4.78, 5) is 20.7. The van der Waals surface area contributed by atoms with Crippen molar-refractivity contribution in [2.45, 2.75) is 5.03 Å². The molecule has 0 fully saturated rings. The minimum Gasteiger partial charge on any atom is -0.325 e. The molecular weight excluding hydrogens is 403 g/mol. The zero-order valence-corrected chi connectivity index (χ0v) is 16.1. The maximum atomic E-state index is 12.2. The second kappa shape index (κ2) is 8.87. The van der Waals surface area contributed by atoms with Crippen LogP contribution in [0.4, 0.5) is 5.69 Å². The Morgan fingerprint density at radius 1 is 1.11 bits per heavy atom. The maximum absolute atomic E-state index is 12.2. The highest BCUT2D eigenvalue weighted by molar-refractivity contribution is 8.00. The van der Waals surface area contributed by atoms with Gasteiger partial charge >= 0.3 is 0 Å². The zero-order chi connectivity index (χ0) is 19.2. The fraction of sp³-hybridized carbons (Fsp3) is 0.0526. The molecule has 5 nitrogen and oxygen atoms in total. The van der Waals surface area contributed by atoms with Gasteiger partial charge in [-0.25, -0.2) is 4.98 Å². The van der Waals surface area contributed by atoms with E-state index in [0.29, 0.717) is 32.0 Å². The fourth-order valence-electron chi connectivity index (χ4n) is 2.22. The van der Waals surface area contributed by atoms with Crippen LogP contribution in [-0.2, 0) is 4.79 Å². The molecule has 0 atom stereocenters. The standard InChI is InChI=1S/C19H12Cl2N4OS/c20-15-3-2-14(9-16(15)21)24-18(26)11-27-19-13(10-22)1-4-17(25-19)12-5-7-23-8-6-12/h1-9H,11H2,(H,24,26). The molecule has 2 heterocycles. The van der Waals surface area contributed by atoms with Crippen LogP contribution in [0.3, 0.4) is 0 Å². The number of amides is 1. The highest BCUT2D eigenvalue weighted by Crippen LogP contribution is 2.27. The molecule has 0 saturated carbocycles. The van der Waals surface area contributed by atoms with Crippen LogP contribution in [-0.4, -0.2) is 21.6 Å². The van der Waals surface area contributed by atoms with Crippen molar-refractivity contribution in [2.75, 3.05) is 11.1 Å². The van der Waals surface area contributed by atoms with Crippen LogP contribution in [0.25, 0.3) is 11.3 Å². The van der Waals surface area contributed by atoms with Crippen molar-refractivity contribution in [3.8, 4) is 17.3 Å². The maximum Gasteiger partial charge on any atom is 0.234 e. The Labute approximate surface area is 170 Å². The van der Waals surface area contributed by atoms with Crippen LogP contribution in [0, 0.1) is 11.3 Å². The van der Waals surface area contributed by atoms with Gasteiger partial charge in [-0.1, -0.05) is 35.0 Å². The molecule has 0 radical (unpaired) electrons. The molecule has 0 aliphatic rings. The summed E-state index contributed by atoms with van der Waals surface area (Å²) in [6, 6.07) is 14.1. The van der Waals surface area contributed by atoms with Gasteiger partial charge in [0.1, 0.15) is 11.1 Å². The van der Waals surface area contributed by atoms with Crippen molar-refractivity contribution in [3.63, 3.8) is 0 Å². The molecule has 0 aliphatic heterocycles. The normalized spacial score (nSPS) is 10.3. The molecule has 8 heteroatoms. The van der Waals surface area contributed by atoms with E-state index >= 15 is 0 Å². The summed E-state index contributed by atoms with van der Waals surface area (Å²) in [5.74, 6) is -0.139. The monoisotopic (exact) mass is 414 g/mol. The quantitative estimate of drug-likeness (QED) is 0.590. The van der Waals surface area contributed by atoms with Crippen molar-refractivity contribution in [1.29, 1.82) is 5.26 Å². The average molecular weight is 415 g/mol. The summed E-state index contributed by atoms with van der Waals surface area (Å²) in [6.45, 7) is 0. The molecule has 0 spiro atoms. The zero-order valence-electron chi connectivity index (χ0n) is 13.8. The second-order valence-electron chi connectivity index (χ2n) is 5.36. The first-order valence-electron chi connectivity index (χ1n) is 7.76. The topological polar surface area (TPSA) is 78.7 Å². The predicted molar refractivity (Wildman–Crippen MR) is 108 cm³/mol. The van der Waals surface area contributed by atoms with E-state index in [1.807, 2.05) is 12.1 Å². The molecule has 3 rings (SSSR count). The first-order chi connectivity index (χ1) is 13.1. The van der Waals surface area contributed by atoms with Crippen LogP contribution in [0.15, 0.2) is 59.9 Å². The predicted octanol–water partition coefficient (Wildman–Crippen LogP) is 5.05. The number of nitrogens with zero attached hydrogens (tertiary/aromatic N) is 3. The molecule has 27 heavy (non-hydrogen) atoms. The lowest BCUT2D eigenvalue weighted by atomic mass is 10.1. The molecule has 3 aromatic rings. The van der Waals surface area contributed by atoms with Gasteiger partial charge in [0.25, 0.3) is 0 Å². The van der Waals surface area contributed by atoms with Gasteiger partial charge in [0, 0.05) is 23.6 Å². The highest BCUT2D eigenvalue weighted by Gasteiger charge is 2.11. The van der Waals surface area contributed by atoms with E-state index in [1.165, 1.54) is 11.8 Å². The van der Waals surface area contributed by atoms with E-state index in [-0.39, 0.29) is 11.7 Å². The number of hydrogen-bond acceptors (Lipinski definition) is 5. The Bertz CT molecular complexity index is 1020. The summed E-state index contributed by atoms with van der Waals surface area (Å²) < 4.78 is 0. The largest absolute Gasteiger partial charge is 0.325 e. The average Bonchev–Trinajstić information content (AvgIpc) is 2.69. The van der Waals surface area contributed by atoms with Crippen LogP contribution in [0.2, 0.25) is 10.0 Å². The molecule has 1 aromatic carbocycles. The van der Waals surface area contributed by atoms with Crippen molar-refractivity contribution in [3.05, 3.63) is 70.5 Å². The fourth-order valence-corrected chi connectivity index (χ4v) is 3.29. The van der Waals surface area contributed by atoms with E-state index in [1.54, 1.807) is 42.7 Å². The lowest BCUT2D eigenvalue weighted by Crippen LogP contribution is -2.14. The van der Waals surface area contributed by atoms with Crippen molar-refractivity contribution in [2.24, 2.45) is 0 Å². The summed E-state index contributed by atoms with van der Waals surface area (Å²) in [7, 11) is 0. The number of carbonyl (C=O) groups excluding carboxylic acids is 1. The Balaban J connectivity index is 1.72. The molecule has 0 aliphatic carbocycles. The molecule has 0 saturated heterocycles. The van der Waals surface area contributed by atoms with E-state index in [9.17, 15) is 10.1 Å². The minimum absolute atomic E-state index is 0.0989. The van der Waals surface area contributed by atoms with E-state index < -0.39 is 0 Å². The van der Waals surface area contributed by atoms with Gasteiger partial charge in [-0.2, -0.15) is 5.26 Å².